The van der Waals surface area contributed by atoms with Gasteiger partial charge in [-0.05, 0) is 19.4 Å². The molecule has 3 N–H and O–H groups in total. The smallest absolute Gasteiger partial charge is 0.330 e. The highest BCUT2D eigenvalue weighted by Crippen LogP contribution is 2.52. The molecule has 0 fully saturated rings. The molecule has 0 saturated heterocycles. The van der Waals surface area contributed by atoms with Gasteiger partial charge in [0.25, 0.3) is 0 Å². The third-order valence-electron chi connectivity index (χ3n) is 1.99. The second-order valence-electron chi connectivity index (χ2n) is 3.73. The van der Waals surface area contributed by atoms with Crippen LogP contribution in [-0.4, -0.2) is 18.0 Å². The molecule has 140 valence electrons. The molecule has 0 heterocycles. The number of nitrogens with two attached hydrogens (primary N) is 1. The molecule has 0 aliphatic carbocycles. The molecule has 0 rings (SSSR count). The van der Waals surface area contributed by atoms with Crippen LogP contribution < -0.4 is 5.73 Å². The molecule has 12 nitrogen and oxygen atoms in total. The Morgan fingerprint density at radius 1 is 0.696 bits per heavy atom. The first-order valence-corrected chi connectivity index (χ1v) is 12.4. The van der Waals surface area contributed by atoms with Crippen molar-refractivity contribution in [2.45, 2.75) is 25.7 Å². The summed E-state index contributed by atoms with van der Waals surface area (Å²) in [6.07, 6.45) is 3.21. The molecule has 0 radical (unpaired) electrons. The van der Waals surface area contributed by atoms with Gasteiger partial charge in [-0.2, -0.15) is 0 Å². The third kappa shape index (κ3) is 16.1. The van der Waals surface area contributed by atoms with Crippen LogP contribution in [0.3, 0.4) is 0 Å². The van der Waals surface area contributed by atoms with E-state index >= 15 is 0 Å². The van der Waals surface area contributed by atoms with Crippen molar-refractivity contribution in [1.29, 1.82) is 0 Å². The van der Waals surface area contributed by atoms with Crippen LogP contribution in [0.25, 0.3) is 0 Å². The first kappa shape index (κ1) is 23.9. The van der Waals surface area contributed by atoms with Gasteiger partial charge in [0, 0.05) is 0 Å². The van der Waals surface area contributed by atoms with Gasteiger partial charge in [-0.1, -0.05) is 12.8 Å². The number of hydrogen-bond donors (Lipinski definition) is 2. The van der Waals surface area contributed by atoms with Gasteiger partial charge in [-0.3, -0.25) is 22.8 Å². The molecule has 0 aliphatic heterocycles. The predicted molar refractivity (Wildman–Crippen MR) is 85.0 cm³/mol. The minimum absolute atomic E-state index is 0.121. The third-order valence-corrected chi connectivity index (χ3v) is 7.79. The quantitative estimate of drug-likeness (QED) is 0.283. The lowest BCUT2D eigenvalue weighted by Crippen LogP contribution is -1.98. The zero-order valence-corrected chi connectivity index (χ0v) is 16.8. The Kier molecular flexibility index (Phi) is 15.7. The number of hydrogen-bond acceptors (Lipinski definition) is 11. The van der Waals surface area contributed by atoms with Crippen LogP contribution in [0.5, 0.6) is 0 Å². The maximum absolute atomic E-state index is 11.3. The first-order valence-electron chi connectivity index (χ1n) is 6.28. The van der Waals surface area contributed by atoms with E-state index in [-0.39, 0.29) is 6.61 Å². The van der Waals surface area contributed by atoms with Crippen LogP contribution in [0.4, 0.5) is 0 Å². The molecular weight excluding hydrogens is 417 g/mol. The Bertz CT molecular complexity index is 458. The fourth-order valence-corrected chi connectivity index (χ4v) is 5.50. The van der Waals surface area contributed by atoms with Crippen molar-refractivity contribution in [3.05, 3.63) is 0 Å². The van der Waals surface area contributed by atoms with Gasteiger partial charge in [0.1, 0.15) is 0 Å². The summed E-state index contributed by atoms with van der Waals surface area (Å²) in [5.41, 5.74) is 5.31. The van der Waals surface area contributed by atoms with Crippen LogP contribution in [-0.2, 0) is 44.6 Å². The molecule has 0 amide bonds. The molecule has 17 heteroatoms. The Balaban J connectivity index is 3.83. The van der Waals surface area contributed by atoms with Crippen LogP contribution in [0.2, 0.25) is 0 Å². The van der Waals surface area contributed by atoms with Crippen molar-refractivity contribution in [3.8, 4) is 0 Å². The van der Waals surface area contributed by atoms with Crippen molar-refractivity contribution in [2.75, 3.05) is 13.2 Å². The average Bonchev–Trinajstić information content (AvgIpc) is 2.40. The lowest BCUT2D eigenvalue weighted by atomic mass is 10.2. The lowest BCUT2D eigenvalue weighted by molar-refractivity contribution is 0.272. The fourth-order valence-electron chi connectivity index (χ4n) is 1.12. The van der Waals surface area contributed by atoms with E-state index in [1.807, 2.05) is 0 Å². The molecule has 5 unspecified atom stereocenters. The van der Waals surface area contributed by atoms with Gasteiger partial charge in [-0.25, -0.2) is 17.2 Å². The van der Waals surface area contributed by atoms with E-state index < -0.39 is 41.3 Å². The molecule has 5 atom stereocenters. The summed E-state index contributed by atoms with van der Waals surface area (Å²) in [7, 11) is -17.2. The zero-order valence-electron chi connectivity index (χ0n) is 11.8. The minimum Gasteiger partial charge on any atom is -0.330 e. The van der Waals surface area contributed by atoms with E-state index in [0.29, 0.717) is 13.0 Å². The average molecular weight is 437 g/mol. The van der Waals surface area contributed by atoms with E-state index in [0.717, 1.165) is 19.3 Å². The van der Waals surface area contributed by atoms with Crippen LogP contribution in [0.1, 0.15) is 25.7 Å². The first-order chi connectivity index (χ1) is 10.8. The zero-order chi connectivity index (χ0) is 17.7. The molecule has 0 aromatic heterocycles. The SMILES string of the molecule is NCCCCCCO[PH](=O)O[PH](=O)O[PH](=O)O[PH](=O)O[PH](=O)O. The highest BCUT2D eigenvalue weighted by Gasteiger charge is 2.14. The Morgan fingerprint density at radius 3 is 1.70 bits per heavy atom. The Hall–Kier alpha value is 0.870. The fraction of sp³-hybridized carbons (Fsp3) is 1.00. The number of unbranched alkanes of at least 4 members (excludes halogenated alkanes) is 3. The normalized spacial score (nSPS) is 18.2. The van der Waals surface area contributed by atoms with Gasteiger partial charge in [0.2, 0.25) is 0 Å². The summed E-state index contributed by atoms with van der Waals surface area (Å²) in [5.74, 6) is 0. The van der Waals surface area contributed by atoms with E-state index in [9.17, 15) is 22.8 Å². The predicted octanol–water partition coefficient (Wildman–Crippen LogP) is 2.53. The van der Waals surface area contributed by atoms with E-state index in [1.165, 1.54) is 0 Å². The van der Waals surface area contributed by atoms with Gasteiger partial charge >= 0.3 is 41.3 Å². The molecule has 0 aromatic carbocycles. The second-order valence-corrected chi connectivity index (χ2v) is 9.81. The van der Waals surface area contributed by atoms with Crippen molar-refractivity contribution >= 4 is 41.3 Å². The van der Waals surface area contributed by atoms with Gasteiger partial charge in [-0.15, -0.1) is 0 Å². The Labute approximate surface area is 136 Å². The minimum atomic E-state index is -3.57. The standard InChI is InChI=1S/C6H20NO11P5/c7-5-3-1-2-4-6-14-20(10)16-22(12)18-23(13)17-21(11)15-19(8)9/h19-23H,1-7H2,(H,8,9). The summed E-state index contributed by atoms with van der Waals surface area (Å²) in [6, 6.07) is 0. The summed E-state index contributed by atoms with van der Waals surface area (Å²) < 4.78 is 75.8. The maximum atomic E-state index is 11.3. The Morgan fingerprint density at radius 2 is 1.17 bits per heavy atom. The van der Waals surface area contributed by atoms with Gasteiger partial charge in [0.15, 0.2) is 0 Å². The lowest BCUT2D eigenvalue weighted by Gasteiger charge is -2.06. The van der Waals surface area contributed by atoms with Gasteiger partial charge < -0.3 is 15.2 Å². The van der Waals surface area contributed by atoms with Crippen LogP contribution in [0, 0.1) is 0 Å². The van der Waals surface area contributed by atoms with Crippen LogP contribution in [0.15, 0.2) is 0 Å². The van der Waals surface area contributed by atoms with Crippen LogP contribution >= 0.6 is 41.3 Å². The van der Waals surface area contributed by atoms with E-state index in [1.54, 1.807) is 0 Å². The van der Waals surface area contributed by atoms with E-state index in [2.05, 4.69) is 17.2 Å². The number of rotatable bonds is 15. The van der Waals surface area contributed by atoms with Crippen molar-refractivity contribution in [2.24, 2.45) is 5.73 Å². The summed E-state index contributed by atoms with van der Waals surface area (Å²) in [4.78, 5) is 8.28. The largest absolute Gasteiger partial charge is 0.333 e. The maximum Gasteiger partial charge on any atom is 0.333 e. The van der Waals surface area contributed by atoms with Gasteiger partial charge in [0.05, 0.1) is 6.61 Å². The monoisotopic (exact) mass is 437 g/mol. The molecule has 0 saturated carbocycles. The molecule has 0 aliphatic rings. The molecule has 0 bridgehead atoms. The summed E-state index contributed by atoms with van der Waals surface area (Å²) in [5, 5.41) is 0. The molecule has 0 spiro atoms. The molecule has 0 aromatic rings. The second kappa shape index (κ2) is 15.2. The highest BCUT2D eigenvalue weighted by atomic mass is 31.3. The summed E-state index contributed by atoms with van der Waals surface area (Å²) in [6.45, 7) is 0.712. The van der Waals surface area contributed by atoms with Crippen molar-refractivity contribution in [1.82, 2.24) is 0 Å². The van der Waals surface area contributed by atoms with Crippen molar-refractivity contribution in [3.63, 3.8) is 0 Å². The molecule has 23 heavy (non-hydrogen) atoms. The molecular formula is C6H20NO11P5. The summed E-state index contributed by atoms with van der Waals surface area (Å²) >= 11 is 0. The topological polar surface area (TPSA) is 178 Å². The highest BCUT2D eigenvalue weighted by molar-refractivity contribution is 7.57. The van der Waals surface area contributed by atoms with Crippen molar-refractivity contribution < 1.29 is 49.5 Å². The van der Waals surface area contributed by atoms with E-state index in [4.69, 9.17) is 15.2 Å².